The molecule has 0 bridgehead atoms. The number of rotatable bonds is 6. The zero-order valence-electron chi connectivity index (χ0n) is 14.6. The Morgan fingerprint density at radius 2 is 1.96 bits per heavy atom. The van der Waals surface area contributed by atoms with Gasteiger partial charge in [-0.2, -0.15) is 0 Å². The fourth-order valence-electron chi connectivity index (χ4n) is 2.33. The number of esters is 1. The van der Waals surface area contributed by atoms with Crippen LogP contribution in [0.1, 0.15) is 52.9 Å². The zero-order chi connectivity index (χ0) is 18.6. The number of nitrogens with zero attached hydrogens (tertiary/aromatic N) is 1. The topological polar surface area (TPSA) is 98.5 Å². The van der Waals surface area contributed by atoms with Gasteiger partial charge in [0.05, 0.1) is 11.4 Å². The molecule has 0 aliphatic heterocycles. The summed E-state index contributed by atoms with van der Waals surface area (Å²) in [6.07, 6.45) is -0.541. The van der Waals surface area contributed by atoms with Gasteiger partial charge in [-0.15, -0.1) is 0 Å². The fourth-order valence-corrected chi connectivity index (χ4v) is 2.33. The van der Waals surface area contributed by atoms with Crippen molar-refractivity contribution in [3.8, 4) is 0 Å². The van der Waals surface area contributed by atoms with E-state index in [0.29, 0.717) is 29.1 Å². The van der Waals surface area contributed by atoms with Crippen molar-refractivity contribution in [2.75, 3.05) is 5.32 Å². The monoisotopic (exact) mass is 344 g/mol. The van der Waals surface area contributed by atoms with E-state index < -0.39 is 18.0 Å². The van der Waals surface area contributed by atoms with Crippen LogP contribution in [0.15, 0.2) is 28.8 Å². The van der Waals surface area contributed by atoms with Gasteiger partial charge in [-0.3, -0.25) is 9.59 Å². The molecule has 0 saturated carbocycles. The van der Waals surface area contributed by atoms with E-state index in [-0.39, 0.29) is 11.3 Å². The molecule has 0 radical (unpaired) electrons. The van der Waals surface area contributed by atoms with E-state index in [1.165, 1.54) is 13.8 Å². The third kappa shape index (κ3) is 4.12. The van der Waals surface area contributed by atoms with E-state index in [9.17, 15) is 14.4 Å². The van der Waals surface area contributed by atoms with Gasteiger partial charge in [0, 0.05) is 5.56 Å². The van der Waals surface area contributed by atoms with Crippen LogP contribution < -0.4 is 5.32 Å². The summed E-state index contributed by atoms with van der Waals surface area (Å²) in [6.45, 7) is 6.31. The Balaban J connectivity index is 2.09. The lowest BCUT2D eigenvalue weighted by atomic mass is 10.1. The molecule has 0 aliphatic rings. The van der Waals surface area contributed by atoms with Crippen molar-refractivity contribution in [2.24, 2.45) is 0 Å². The number of amides is 1. The van der Waals surface area contributed by atoms with E-state index in [4.69, 9.17) is 9.26 Å². The molecule has 1 N–H and O–H groups in total. The number of anilines is 1. The summed E-state index contributed by atoms with van der Waals surface area (Å²) in [6, 6.07) is 6.63. The Labute approximate surface area is 145 Å². The molecule has 0 unspecified atom stereocenters. The molecule has 1 aromatic carbocycles. The van der Waals surface area contributed by atoms with E-state index in [1.807, 2.05) is 6.92 Å². The molecule has 1 heterocycles. The first-order chi connectivity index (χ1) is 11.8. The Kier molecular flexibility index (Phi) is 5.69. The summed E-state index contributed by atoms with van der Waals surface area (Å²) in [5.74, 6) is -1.03. The molecule has 0 aliphatic carbocycles. The number of carbonyl (C=O) groups is 3. The van der Waals surface area contributed by atoms with Gasteiger partial charge in [0.15, 0.2) is 11.9 Å². The van der Waals surface area contributed by atoms with Crippen LogP contribution in [0.2, 0.25) is 0 Å². The SMILES string of the molecule is CCc1noc(C)c1C(=O)O[C@H](C)C(=O)Nc1ccccc1C(C)=O. The Bertz CT molecular complexity index is 810. The fraction of sp³-hybridized carbons (Fsp3) is 0.333. The van der Waals surface area contributed by atoms with Crippen molar-refractivity contribution in [1.29, 1.82) is 0 Å². The average Bonchev–Trinajstić information content (AvgIpc) is 2.95. The lowest BCUT2D eigenvalue weighted by Gasteiger charge is -2.15. The van der Waals surface area contributed by atoms with Gasteiger partial charge in [0.2, 0.25) is 0 Å². The highest BCUT2D eigenvalue weighted by Gasteiger charge is 2.25. The van der Waals surface area contributed by atoms with Gasteiger partial charge < -0.3 is 14.6 Å². The molecule has 25 heavy (non-hydrogen) atoms. The minimum atomic E-state index is -1.05. The second-order valence-corrected chi connectivity index (χ2v) is 5.55. The quantitative estimate of drug-likeness (QED) is 0.639. The van der Waals surface area contributed by atoms with Gasteiger partial charge >= 0.3 is 5.97 Å². The number of hydrogen-bond donors (Lipinski definition) is 1. The molecule has 1 aromatic heterocycles. The molecule has 7 nitrogen and oxygen atoms in total. The predicted molar refractivity (Wildman–Crippen MR) is 90.6 cm³/mol. The van der Waals surface area contributed by atoms with Gasteiger partial charge in [-0.25, -0.2) is 4.79 Å². The third-order valence-electron chi connectivity index (χ3n) is 3.69. The average molecular weight is 344 g/mol. The van der Waals surface area contributed by atoms with Crippen LogP contribution in [0.4, 0.5) is 5.69 Å². The lowest BCUT2D eigenvalue weighted by molar-refractivity contribution is -0.123. The smallest absolute Gasteiger partial charge is 0.344 e. The summed E-state index contributed by atoms with van der Waals surface area (Å²) in [5, 5.41) is 6.40. The number of aromatic nitrogens is 1. The third-order valence-corrected chi connectivity index (χ3v) is 3.69. The molecule has 132 valence electrons. The number of Topliss-reactive ketones (excluding diaryl/α,β-unsaturated/α-hetero) is 1. The lowest BCUT2D eigenvalue weighted by Crippen LogP contribution is -2.30. The van der Waals surface area contributed by atoms with Crippen LogP contribution >= 0.6 is 0 Å². The summed E-state index contributed by atoms with van der Waals surface area (Å²) < 4.78 is 10.2. The molecule has 1 amide bonds. The molecule has 2 rings (SSSR count). The maximum atomic E-state index is 12.3. The largest absolute Gasteiger partial charge is 0.449 e. The first kappa shape index (κ1) is 18.4. The van der Waals surface area contributed by atoms with Crippen molar-refractivity contribution in [3.63, 3.8) is 0 Å². The Morgan fingerprint density at radius 1 is 1.28 bits per heavy atom. The van der Waals surface area contributed by atoms with Crippen LogP contribution in [-0.4, -0.2) is 28.9 Å². The molecule has 0 spiro atoms. The maximum Gasteiger partial charge on any atom is 0.344 e. The molecule has 0 fully saturated rings. The number of para-hydroxylation sites is 1. The van der Waals surface area contributed by atoms with Gasteiger partial charge in [-0.1, -0.05) is 24.2 Å². The van der Waals surface area contributed by atoms with Crippen LogP contribution in [0.3, 0.4) is 0 Å². The molecular weight excluding hydrogens is 324 g/mol. The van der Waals surface area contributed by atoms with Crippen LogP contribution in [-0.2, 0) is 16.0 Å². The van der Waals surface area contributed by atoms with E-state index >= 15 is 0 Å². The van der Waals surface area contributed by atoms with Gasteiger partial charge in [-0.05, 0) is 39.3 Å². The van der Waals surface area contributed by atoms with E-state index in [2.05, 4.69) is 10.5 Å². The molecule has 1 atom stereocenters. The molecule has 7 heteroatoms. The van der Waals surface area contributed by atoms with Crippen molar-refractivity contribution in [1.82, 2.24) is 5.16 Å². The number of aryl methyl sites for hydroxylation is 2. The minimum absolute atomic E-state index is 0.173. The number of ether oxygens (including phenoxy) is 1. The highest BCUT2D eigenvalue weighted by molar-refractivity contribution is 6.05. The second kappa shape index (κ2) is 7.74. The molecular formula is C18H20N2O5. The van der Waals surface area contributed by atoms with Crippen molar-refractivity contribution in [3.05, 3.63) is 46.8 Å². The number of hydrogen-bond acceptors (Lipinski definition) is 6. The number of benzene rings is 1. The summed E-state index contributed by atoms with van der Waals surface area (Å²) in [5.41, 5.74) is 1.49. The highest BCUT2D eigenvalue weighted by atomic mass is 16.5. The maximum absolute atomic E-state index is 12.3. The Morgan fingerprint density at radius 3 is 2.60 bits per heavy atom. The highest BCUT2D eigenvalue weighted by Crippen LogP contribution is 2.18. The van der Waals surface area contributed by atoms with Crippen LogP contribution in [0, 0.1) is 6.92 Å². The number of ketones is 1. The van der Waals surface area contributed by atoms with Crippen molar-refractivity contribution >= 4 is 23.3 Å². The normalized spacial score (nSPS) is 11.7. The Hall–Kier alpha value is -2.96. The number of carbonyl (C=O) groups excluding carboxylic acids is 3. The molecule has 2 aromatic rings. The van der Waals surface area contributed by atoms with Crippen molar-refractivity contribution < 1.29 is 23.6 Å². The minimum Gasteiger partial charge on any atom is -0.449 e. The second-order valence-electron chi connectivity index (χ2n) is 5.55. The summed E-state index contributed by atoms with van der Waals surface area (Å²) in [7, 11) is 0. The van der Waals surface area contributed by atoms with Crippen LogP contribution in [0.25, 0.3) is 0 Å². The first-order valence-corrected chi connectivity index (χ1v) is 7.92. The predicted octanol–water partition coefficient (Wildman–Crippen LogP) is 2.93. The molecule has 0 saturated heterocycles. The first-order valence-electron chi connectivity index (χ1n) is 7.92. The van der Waals surface area contributed by atoms with E-state index in [0.717, 1.165) is 0 Å². The van der Waals surface area contributed by atoms with Gasteiger partial charge in [0.1, 0.15) is 11.3 Å². The number of nitrogens with one attached hydrogen (secondary N) is 1. The van der Waals surface area contributed by atoms with Crippen LogP contribution in [0.5, 0.6) is 0 Å². The zero-order valence-corrected chi connectivity index (χ0v) is 14.6. The van der Waals surface area contributed by atoms with Crippen molar-refractivity contribution in [2.45, 2.75) is 40.2 Å². The standard InChI is InChI=1S/C18H20N2O5/c1-5-14-16(11(3)25-20-14)18(23)24-12(4)17(22)19-15-9-7-6-8-13(15)10(2)21/h6-9,12H,5H2,1-4H3,(H,19,22)/t12-/m1/s1. The summed E-state index contributed by atoms with van der Waals surface area (Å²) >= 11 is 0. The summed E-state index contributed by atoms with van der Waals surface area (Å²) in [4.78, 5) is 36.2. The van der Waals surface area contributed by atoms with Gasteiger partial charge in [0.25, 0.3) is 5.91 Å². The van der Waals surface area contributed by atoms with E-state index in [1.54, 1.807) is 31.2 Å².